The summed E-state index contributed by atoms with van der Waals surface area (Å²) in [6.45, 7) is 4.75. The number of para-hydroxylation sites is 1. The fourth-order valence-electron chi connectivity index (χ4n) is 3.55. The monoisotopic (exact) mass is 446 g/mol. The van der Waals surface area contributed by atoms with Gasteiger partial charge in [0.25, 0.3) is 0 Å². The Balaban J connectivity index is 1.25. The van der Waals surface area contributed by atoms with Gasteiger partial charge in [0.05, 0.1) is 17.5 Å². The quantitative estimate of drug-likeness (QED) is 0.654. The number of anilines is 1. The second-order valence-electron chi connectivity index (χ2n) is 7.92. The van der Waals surface area contributed by atoms with Gasteiger partial charge in [-0.25, -0.2) is 0 Å². The number of carbonyl (C=O) groups excluding carboxylic acids is 2. The third-order valence-corrected chi connectivity index (χ3v) is 6.38. The maximum absolute atomic E-state index is 12.3. The Hall–Kier alpha value is -2.38. The molecule has 0 spiro atoms. The lowest BCUT2D eigenvalue weighted by molar-refractivity contribution is -0.124. The molecule has 2 aromatic rings. The molecule has 8 heteroatoms. The highest BCUT2D eigenvalue weighted by atomic mass is 35.5. The number of halogens is 1. The van der Waals surface area contributed by atoms with Crippen LogP contribution in [0.15, 0.2) is 41.3 Å². The Morgan fingerprint density at radius 2 is 2.20 bits per heavy atom. The summed E-state index contributed by atoms with van der Waals surface area (Å²) >= 11 is 7.33. The average molecular weight is 447 g/mol. The lowest BCUT2D eigenvalue weighted by Crippen LogP contribution is -2.36. The van der Waals surface area contributed by atoms with Crippen LogP contribution < -0.4 is 20.1 Å². The summed E-state index contributed by atoms with van der Waals surface area (Å²) in [7, 11) is 0. The molecular weight excluding hydrogens is 424 g/mol. The van der Waals surface area contributed by atoms with Crippen molar-refractivity contribution in [1.29, 1.82) is 0 Å². The highest BCUT2D eigenvalue weighted by molar-refractivity contribution is 8.01. The third-order valence-electron chi connectivity index (χ3n) is 4.87. The molecule has 4 rings (SSSR count). The summed E-state index contributed by atoms with van der Waals surface area (Å²) < 4.78 is 11.8. The lowest BCUT2D eigenvalue weighted by atomic mass is 10.0. The third kappa shape index (κ3) is 4.68. The van der Waals surface area contributed by atoms with Crippen LogP contribution in [0.25, 0.3) is 0 Å². The molecule has 2 heterocycles. The molecule has 2 aliphatic rings. The molecule has 2 N–H and O–H groups in total. The van der Waals surface area contributed by atoms with Gasteiger partial charge < -0.3 is 20.1 Å². The highest BCUT2D eigenvalue weighted by Gasteiger charge is 2.32. The van der Waals surface area contributed by atoms with E-state index in [0.29, 0.717) is 29.6 Å². The van der Waals surface area contributed by atoms with Crippen LogP contribution in [0, 0.1) is 0 Å². The summed E-state index contributed by atoms with van der Waals surface area (Å²) in [5.41, 5.74) is 1.57. The van der Waals surface area contributed by atoms with Gasteiger partial charge in [0.2, 0.25) is 11.8 Å². The van der Waals surface area contributed by atoms with Crippen LogP contribution in [0.1, 0.15) is 25.8 Å². The first kappa shape index (κ1) is 20.9. The van der Waals surface area contributed by atoms with E-state index in [-0.39, 0.29) is 23.8 Å². The Bertz CT molecular complexity index is 995. The van der Waals surface area contributed by atoms with Crippen molar-refractivity contribution in [1.82, 2.24) is 5.32 Å². The number of rotatable bonds is 6. The molecular formula is C22H23ClN2O4S. The van der Waals surface area contributed by atoms with E-state index in [9.17, 15) is 9.59 Å². The Kier molecular flexibility index (Phi) is 5.84. The molecule has 0 aromatic heterocycles. The fraction of sp³-hybridized carbons (Fsp3) is 0.364. The number of nitrogens with one attached hydrogen (secondary N) is 2. The maximum Gasteiger partial charge on any atom is 0.238 e. The van der Waals surface area contributed by atoms with Crippen molar-refractivity contribution in [3.05, 3.63) is 47.0 Å². The zero-order valence-electron chi connectivity index (χ0n) is 16.8. The molecule has 1 atom stereocenters. The molecule has 0 aliphatic carbocycles. The minimum absolute atomic E-state index is 0.0939. The summed E-state index contributed by atoms with van der Waals surface area (Å²) in [4.78, 5) is 25.5. The highest BCUT2D eigenvalue weighted by Crippen LogP contribution is 2.41. The number of amides is 2. The van der Waals surface area contributed by atoms with E-state index in [1.807, 2.05) is 38.1 Å². The van der Waals surface area contributed by atoms with Gasteiger partial charge >= 0.3 is 0 Å². The first-order chi connectivity index (χ1) is 14.3. The summed E-state index contributed by atoms with van der Waals surface area (Å²) in [6.07, 6.45) is 0.934. The molecule has 6 nitrogen and oxygen atoms in total. The lowest BCUT2D eigenvalue weighted by Gasteiger charge is -2.23. The van der Waals surface area contributed by atoms with Crippen molar-refractivity contribution in [2.24, 2.45) is 0 Å². The molecule has 0 saturated carbocycles. The van der Waals surface area contributed by atoms with Crippen LogP contribution in [0.4, 0.5) is 5.69 Å². The second kappa shape index (κ2) is 8.40. The fourth-order valence-corrected chi connectivity index (χ4v) is 4.81. The maximum atomic E-state index is 12.3. The Morgan fingerprint density at radius 3 is 3.03 bits per heavy atom. The first-order valence-corrected chi connectivity index (χ1v) is 11.0. The topological polar surface area (TPSA) is 76.7 Å². The van der Waals surface area contributed by atoms with Crippen LogP contribution in [-0.2, 0) is 16.0 Å². The second-order valence-corrected chi connectivity index (χ2v) is 9.60. The number of benzene rings is 2. The molecule has 0 bridgehead atoms. The van der Waals surface area contributed by atoms with E-state index in [1.54, 1.807) is 12.1 Å². The SMILES string of the molecule is CC1(C)Cc2cccc(OCCNC(=O)CC3Sc4ccc(Cl)cc4NC3=O)c2O1. The molecule has 0 fully saturated rings. The van der Waals surface area contributed by atoms with Gasteiger partial charge in [0, 0.05) is 28.3 Å². The van der Waals surface area contributed by atoms with Crippen molar-refractivity contribution in [2.45, 2.75) is 42.4 Å². The van der Waals surface area contributed by atoms with E-state index < -0.39 is 5.25 Å². The van der Waals surface area contributed by atoms with Crippen molar-refractivity contribution < 1.29 is 19.1 Å². The van der Waals surface area contributed by atoms with Crippen LogP contribution in [0.3, 0.4) is 0 Å². The zero-order valence-corrected chi connectivity index (χ0v) is 18.4. The van der Waals surface area contributed by atoms with Crippen molar-refractivity contribution in [2.75, 3.05) is 18.5 Å². The van der Waals surface area contributed by atoms with E-state index in [0.717, 1.165) is 22.6 Å². The predicted octanol–water partition coefficient (Wildman–Crippen LogP) is 4.05. The number of hydrogen-bond donors (Lipinski definition) is 2. The van der Waals surface area contributed by atoms with Gasteiger partial charge in [0.15, 0.2) is 11.5 Å². The van der Waals surface area contributed by atoms with Crippen molar-refractivity contribution in [3.63, 3.8) is 0 Å². The van der Waals surface area contributed by atoms with Crippen LogP contribution in [0.5, 0.6) is 11.5 Å². The molecule has 0 radical (unpaired) electrons. The summed E-state index contributed by atoms with van der Waals surface area (Å²) in [5, 5.41) is 5.71. The molecule has 2 amide bonds. The van der Waals surface area contributed by atoms with Gasteiger partial charge in [-0.3, -0.25) is 9.59 Å². The van der Waals surface area contributed by atoms with Gasteiger partial charge in [0.1, 0.15) is 12.2 Å². The zero-order chi connectivity index (χ0) is 21.3. The number of thioether (sulfide) groups is 1. The van der Waals surface area contributed by atoms with Crippen LogP contribution in [-0.4, -0.2) is 35.8 Å². The number of hydrogen-bond acceptors (Lipinski definition) is 5. The Labute approximate surface area is 184 Å². The molecule has 158 valence electrons. The summed E-state index contributed by atoms with van der Waals surface area (Å²) in [5.74, 6) is 1.08. The number of carbonyl (C=O) groups is 2. The Morgan fingerprint density at radius 1 is 1.37 bits per heavy atom. The molecule has 2 aliphatic heterocycles. The van der Waals surface area contributed by atoms with Gasteiger partial charge in [-0.2, -0.15) is 0 Å². The van der Waals surface area contributed by atoms with Gasteiger partial charge in [-0.1, -0.05) is 23.7 Å². The minimum Gasteiger partial charge on any atom is -0.488 e. The van der Waals surface area contributed by atoms with Gasteiger partial charge in [-0.15, -0.1) is 11.8 Å². The van der Waals surface area contributed by atoms with Crippen LogP contribution >= 0.6 is 23.4 Å². The average Bonchev–Trinajstić information content (AvgIpc) is 3.00. The standard InChI is InChI=1S/C22H23ClN2O4S/c1-22(2)12-13-4-3-5-16(20(13)29-22)28-9-8-24-19(26)11-18-21(27)25-15-10-14(23)6-7-17(15)30-18/h3-7,10,18H,8-9,11-12H2,1-2H3,(H,24,26)(H,25,27). The van der Waals surface area contributed by atoms with E-state index in [1.165, 1.54) is 11.8 Å². The molecule has 1 unspecified atom stereocenters. The van der Waals surface area contributed by atoms with Crippen molar-refractivity contribution in [3.8, 4) is 11.5 Å². The van der Waals surface area contributed by atoms with Gasteiger partial charge in [-0.05, 0) is 38.1 Å². The van der Waals surface area contributed by atoms with Crippen LogP contribution in [0.2, 0.25) is 5.02 Å². The minimum atomic E-state index is -0.479. The normalized spacial score (nSPS) is 18.6. The predicted molar refractivity (Wildman–Crippen MR) is 118 cm³/mol. The van der Waals surface area contributed by atoms with E-state index >= 15 is 0 Å². The number of ether oxygens (including phenoxy) is 2. The molecule has 0 saturated heterocycles. The summed E-state index contributed by atoms with van der Waals surface area (Å²) in [6, 6.07) is 11.2. The van der Waals surface area contributed by atoms with E-state index in [2.05, 4.69) is 10.6 Å². The largest absolute Gasteiger partial charge is 0.488 e. The number of fused-ring (bicyclic) bond motifs is 2. The molecule has 30 heavy (non-hydrogen) atoms. The smallest absolute Gasteiger partial charge is 0.238 e. The van der Waals surface area contributed by atoms with Crippen molar-refractivity contribution >= 4 is 40.9 Å². The first-order valence-electron chi connectivity index (χ1n) is 9.78. The molecule has 2 aromatic carbocycles. The van der Waals surface area contributed by atoms with E-state index in [4.69, 9.17) is 21.1 Å².